The molecular weight excluding hydrogens is 314 g/mol. The first-order valence-corrected chi connectivity index (χ1v) is 9.52. The summed E-state index contributed by atoms with van der Waals surface area (Å²) in [5.74, 6) is 0.0242. The van der Waals surface area contributed by atoms with Gasteiger partial charge in [-0.15, -0.1) is 0 Å². The molecule has 5 heteroatoms. The smallest absolute Gasteiger partial charge is 0.315 e. The number of anilines is 1. The van der Waals surface area contributed by atoms with Crippen LogP contribution in [0.5, 0.6) is 0 Å². The Morgan fingerprint density at radius 3 is 2.56 bits per heavy atom. The van der Waals surface area contributed by atoms with E-state index in [4.69, 9.17) is 0 Å². The van der Waals surface area contributed by atoms with Crippen LogP contribution >= 0.6 is 0 Å². The third-order valence-electron chi connectivity index (χ3n) is 5.31. The van der Waals surface area contributed by atoms with Gasteiger partial charge in [0, 0.05) is 18.3 Å². The SMILES string of the molecule is CC(C)C(NC(=O)NC1CCCCC1)C(=O)N1CCc2ccccc21. The quantitative estimate of drug-likeness (QED) is 0.882. The summed E-state index contributed by atoms with van der Waals surface area (Å²) in [5.41, 5.74) is 2.18. The average Bonchev–Trinajstić information content (AvgIpc) is 3.04. The van der Waals surface area contributed by atoms with Gasteiger partial charge in [-0.2, -0.15) is 0 Å². The van der Waals surface area contributed by atoms with Gasteiger partial charge in [0.05, 0.1) is 0 Å². The fraction of sp³-hybridized carbons (Fsp3) is 0.600. The number of amides is 3. The van der Waals surface area contributed by atoms with Crippen molar-refractivity contribution in [1.29, 1.82) is 0 Å². The molecule has 136 valence electrons. The Bertz CT molecular complexity index is 623. The Morgan fingerprint density at radius 1 is 1.12 bits per heavy atom. The minimum absolute atomic E-state index is 0.0151. The van der Waals surface area contributed by atoms with Gasteiger partial charge in [0.1, 0.15) is 6.04 Å². The molecule has 0 bridgehead atoms. The van der Waals surface area contributed by atoms with E-state index in [0.29, 0.717) is 6.54 Å². The zero-order valence-corrected chi connectivity index (χ0v) is 15.3. The van der Waals surface area contributed by atoms with E-state index in [0.717, 1.165) is 24.9 Å². The maximum absolute atomic E-state index is 13.1. The van der Waals surface area contributed by atoms with Crippen molar-refractivity contribution in [1.82, 2.24) is 10.6 Å². The Hall–Kier alpha value is -2.04. The second-order valence-electron chi connectivity index (χ2n) is 7.54. The number of carbonyl (C=O) groups is 2. The summed E-state index contributed by atoms with van der Waals surface area (Å²) >= 11 is 0. The molecule has 5 nitrogen and oxygen atoms in total. The largest absolute Gasteiger partial charge is 0.335 e. The summed E-state index contributed by atoms with van der Waals surface area (Å²) in [5, 5.41) is 5.98. The first-order valence-electron chi connectivity index (χ1n) is 9.52. The van der Waals surface area contributed by atoms with Gasteiger partial charge in [-0.1, -0.05) is 51.3 Å². The highest BCUT2D eigenvalue weighted by Crippen LogP contribution is 2.28. The van der Waals surface area contributed by atoms with Crippen molar-refractivity contribution in [2.45, 2.75) is 64.5 Å². The van der Waals surface area contributed by atoms with Gasteiger partial charge in [0.15, 0.2) is 0 Å². The number of rotatable bonds is 4. The van der Waals surface area contributed by atoms with E-state index in [9.17, 15) is 9.59 Å². The predicted molar refractivity (Wildman–Crippen MR) is 99.7 cm³/mol. The number of nitrogens with zero attached hydrogens (tertiary/aromatic N) is 1. The molecule has 2 aliphatic rings. The molecule has 1 aromatic rings. The second kappa shape index (κ2) is 7.89. The summed E-state index contributed by atoms with van der Waals surface area (Å²) in [6, 6.07) is 7.53. The molecule has 1 fully saturated rings. The van der Waals surface area contributed by atoms with Crippen LogP contribution in [0, 0.1) is 5.92 Å². The summed E-state index contributed by atoms with van der Waals surface area (Å²) in [4.78, 5) is 27.3. The number of nitrogens with one attached hydrogen (secondary N) is 2. The van der Waals surface area contributed by atoms with Crippen LogP contribution in [0.2, 0.25) is 0 Å². The monoisotopic (exact) mass is 343 g/mol. The lowest BCUT2D eigenvalue weighted by Crippen LogP contribution is -2.55. The van der Waals surface area contributed by atoms with Crippen LogP contribution in [0.15, 0.2) is 24.3 Å². The summed E-state index contributed by atoms with van der Waals surface area (Å²) in [7, 11) is 0. The number of benzene rings is 1. The number of para-hydroxylation sites is 1. The second-order valence-corrected chi connectivity index (χ2v) is 7.54. The Kier molecular flexibility index (Phi) is 5.61. The van der Waals surface area contributed by atoms with Crippen LogP contribution in [-0.2, 0) is 11.2 Å². The Morgan fingerprint density at radius 2 is 1.84 bits per heavy atom. The van der Waals surface area contributed by atoms with E-state index in [1.807, 2.05) is 36.9 Å². The van der Waals surface area contributed by atoms with E-state index in [2.05, 4.69) is 16.7 Å². The minimum Gasteiger partial charge on any atom is -0.335 e. The molecule has 25 heavy (non-hydrogen) atoms. The summed E-state index contributed by atoms with van der Waals surface area (Å²) in [6.07, 6.45) is 6.53. The standard InChI is InChI=1S/C20H29N3O2/c1-14(2)18(22-20(25)21-16-9-4-3-5-10-16)19(24)23-13-12-15-8-6-7-11-17(15)23/h6-8,11,14,16,18H,3-5,9-10,12-13H2,1-2H3,(H2,21,22,25). The highest BCUT2D eigenvalue weighted by molar-refractivity contribution is 6.00. The normalized spacial score (nSPS) is 18.8. The number of carbonyl (C=O) groups excluding carboxylic acids is 2. The maximum atomic E-state index is 13.1. The number of hydrogen-bond donors (Lipinski definition) is 2. The van der Waals surface area contributed by atoms with Crippen molar-refractivity contribution in [2.24, 2.45) is 5.92 Å². The molecule has 3 amide bonds. The van der Waals surface area contributed by atoms with Crippen LogP contribution in [0.25, 0.3) is 0 Å². The van der Waals surface area contributed by atoms with Gasteiger partial charge in [0.25, 0.3) is 0 Å². The van der Waals surface area contributed by atoms with Crippen LogP contribution in [0.3, 0.4) is 0 Å². The third kappa shape index (κ3) is 4.14. The molecule has 1 aromatic carbocycles. The van der Waals surface area contributed by atoms with E-state index in [-0.39, 0.29) is 23.9 Å². The van der Waals surface area contributed by atoms with E-state index >= 15 is 0 Å². The highest BCUT2D eigenvalue weighted by atomic mass is 16.2. The van der Waals surface area contributed by atoms with Crippen molar-refractivity contribution in [2.75, 3.05) is 11.4 Å². The van der Waals surface area contributed by atoms with Gasteiger partial charge >= 0.3 is 6.03 Å². The Balaban J connectivity index is 1.64. The van der Waals surface area contributed by atoms with Crippen molar-refractivity contribution in [3.05, 3.63) is 29.8 Å². The molecule has 2 N–H and O–H groups in total. The molecule has 1 atom stereocenters. The van der Waals surface area contributed by atoms with Gasteiger partial charge in [-0.05, 0) is 36.8 Å². The molecule has 0 spiro atoms. The summed E-state index contributed by atoms with van der Waals surface area (Å²) in [6.45, 7) is 4.64. The van der Waals surface area contributed by atoms with E-state index in [1.165, 1.54) is 24.8 Å². The lowest BCUT2D eigenvalue weighted by molar-refractivity contribution is -0.121. The molecule has 1 heterocycles. The van der Waals surface area contributed by atoms with Crippen LogP contribution in [0.1, 0.15) is 51.5 Å². The van der Waals surface area contributed by atoms with Gasteiger partial charge < -0.3 is 15.5 Å². The molecule has 0 saturated heterocycles. The third-order valence-corrected chi connectivity index (χ3v) is 5.31. The fourth-order valence-corrected chi connectivity index (χ4v) is 3.86. The Labute approximate surface area is 150 Å². The molecule has 1 saturated carbocycles. The molecule has 1 aliphatic carbocycles. The van der Waals surface area contributed by atoms with Crippen molar-refractivity contribution in [3.8, 4) is 0 Å². The van der Waals surface area contributed by atoms with Gasteiger partial charge in [-0.25, -0.2) is 4.79 Å². The first kappa shape index (κ1) is 17.8. The van der Waals surface area contributed by atoms with Gasteiger partial charge in [-0.3, -0.25) is 4.79 Å². The summed E-state index contributed by atoms with van der Waals surface area (Å²) < 4.78 is 0. The van der Waals surface area contributed by atoms with Gasteiger partial charge in [0.2, 0.25) is 5.91 Å². The highest BCUT2D eigenvalue weighted by Gasteiger charge is 2.33. The zero-order chi connectivity index (χ0) is 17.8. The van der Waals surface area contributed by atoms with Crippen molar-refractivity contribution >= 4 is 17.6 Å². The molecule has 3 rings (SSSR count). The minimum atomic E-state index is -0.505. The zero-order valence-electron chi connectivity index (χ0n) is 15.3. The lowest BCUT2D eigenvalue weighted by Gasteiger charge is -2.29. The van der Waals surface area contributed by atoms with Crippen LogP contribution in [-0.4, -0.2) is 30.6 Å². The lowest BCUT2D eigenvalue weighted by atomic mass is 9.96. The maximum Gasteiger partial charge on any atom is 0.315 e. The topological polar surface area (TPSA) is 61.4 Å². The van der Waals surface area contributed by atoms with Crippen molar-refractivity contribution in [3.63, 3.8) is 0 Å². The molecular formula is C20H29N3O2. The molecule has 1 aliphatic heterocycles. The molecule has 0 radical (unpaired) electrons. The number of urea groups is 1. The van der Waals surface area contributed by atoms with Crippen LogP contribution < -0.4 is 15.5 Å². The average molecular weight is 343 g/mol. The van der Waals surface area contributed by atoms with E-state index < -0.39 is 6.04 Å². The molecule has 1 unspecified atom stereocenters. The number of fused-ring (bicyclic) bond motifs is 1. The predicted octanol–water partition coefficient (Wildman–Crippen LogP) is 3.23. The van der Waals surface area contributed by atoms with Crippen molar-refractivity contribution < 1.29 is 9.59 Å². The first-order chi connectivity index (χ1) is 12.1. The van der Waals surface area contributed by atoms with E-state index in [1.54, 1.807) is 0 Å². The van der Waals surface area contributed by atoms with Crippen LogP contribution in [0.4, 0.5) is 10.5 Å². The molecule has 0 aromatic heterocycles. The fourth-order valence-electron chi connectivity index (χ4n) is 3.86. The number of hydrogen-bond acceptors (Lipinski definition) is 2.